The summed E-state index contributed by atoms with van der Waals surface area (Å²) >= 11 is 0. The molecule has 0 saturated carbocycles. The van der Waals surface area contributed by atoms with Crippen LogP contribution < -0.4 is 15.5 Å². The molecule has 0 spiro atoms. The highest BCUT2D eigenvalue weighted by atomic mass is 19.1. The lowest BCUT2D eigenvalue weighted by molar-refractivity contribution is -0.126. The van der Waals surface area contributed by atoms with Gasteiger partial charge in [0, 0.05) is 39.1 Å². The van der Waals surface area contributed by atoms with E-state index in [9.17, 15) is 14.4 Å². The molecule has 4 heterocycles. The van der Waals surface area contributed by atoms with E-state index in [4.69, 9.17) is 4.98 Å². The Balaban J connectivity index is 1.71. The summed E-state index contributed by atoms with van der Waals surface area (Å²) in [7, 11) is 1.54. The van der Waals surface area contributed by atoms with Gasteiger partial charge in [-0.15, -0.1) is 0 Å². The van der Waals surface area contributed by atoms with E-state index in [-0.39, 0.29) is 64.0 Å². The number of pyridine rings is 1. The largest absolute Gasteiger partial charge is 0.355 e. The number of aromatic nitrogens is 3. The second-order valence-electron chi connectivity index (χ2n) is 12.2. The number of para-hydroxylation sites is 1. The molecule has 11 heteroatoms. The highest BCUT2D eigenvalue weighted by Gasteiger charge is 2.32. The Kier molecular flexibility index (Phi) is 8.18. The summed E-state index contributed by atoms with van der Waals surface area (Å²) in [4.78, 5) is 54.1. The molecule has 1 atom stereocenters. The molecular weight excluding hydrogens is 590 g/mol. The molecule has 1 saturated heterocycles. The molecule has 4 aromatic rings. The van der Waals surface area contributed by atoms with Crippen LogP contribution in [-0.2, 0) is 16.0 Å². The van der Waals surface area contributed by atoms with E-state index in [1.807, 2.05) is 43.9 Å². The van der Waals surface area contributed by atoms with Crippen LogP contribution in [0.5, 0.6) is 0 Å². The van der Waals surface area contributed by atoms with Crippen molar-refractivity contribution >= 4 is 34.4 Å². The van der Waals surface area contributed by atoms with Gasteiger partial charge in [0.15, 0.2) is 11.5 Å². The van der Waals surface area contributed by atoms with Gasteiger partial charge in [0.25, 0.3) is 0 Å². The van der Waals surface area contributed by atoms with E-state index in [0.717, 1.165) is 11.1 Å². The summed E-state index contributed by atoms with van der Waals surface area (Å²) in [6, 6.07) is 11.0. The molecule has 0 N–H and O–H groups in total. The molecule has 0 radical (unpaired) electrons. The predicted molar refractivity (Wildman–Crippen MR) is 175 cm³/mol. The highest BCUT2D eigenvalue weighted by Crippen LogP contribution is 2.38. The smallest absolute Gasteiger partial charge is 0.350 e. The molecule has 2 bridgehead atoms. The minimum atomic E-state index is -0.826. The highest BCUT2D eigenvalue weighted by molar-refractivity contribution is 5.98. The van der Waals surface area contributed by atoms with Gasteiger partial charge in [0.2, 0.25) is 11.8 Å². The number of hydrogen-bond acceptors (Lipinski definition) is 6. The van der Waals surface area contributed by atoms with Crippen LogP contribution in [-0.4, -0.2) is 64.0 Å². The third-order valence-corrected chi connectivity index (χ3v) is 8.98. The van der Waals surface area contributed by atoms with Gasteiger partial charge in [-0.3, -0.25) is 9.59 Å². The lowest BCUT2D eigenvalue weighted by atomic mass is 9.95. The minimum absolute atomic E-state index is 0.00592. The Morgan fingerprint density at radius 3 is 2.52 bits per heavy atom. The quantitative estimate of drug-likeness (QED) is 0.284. The van der Waals surface area contributed by atoms with Gasteiger partial charge in [0.1, 0.15) is 17.3 Å². The van der Waals surface area contributed by atoms with E-state index in [0.29, 0.717) is 38.2 Å². The van der Waals surface area contributed by atoms with Crippen molar-refractivity contribution in [3.05, 3.63) is 88.4 Å². The van der Waals surface area contributed by atoms with Crippen LogP contribution in [0.1, 0.15) is 50.7 Å². The van der Waals surface area contributed by atoms with Crippen molar-refractivity contribution in [2.75, 3.05) is 36.5 Å². The Bertz CT molecular complexity index is 1960. The van der Waals surface area contributed by atoms with Crippen LogP contribution in [0.2, 0.25) is 0 Å². The summed E-state index contributed by atoms with van der Waals surface area (Å²) in [5.41, 5.74) is 1.46. The fourth-order valence-corrected chi connectivity index (χ4v) is 6.61. The Labute approximate surface area is 265 Å². The molecule has 2 amide bonds. The van der Waals surface area contributed by atoms with Gasteiger partial charge in [0.05, 0.1) is 22.3 Å². The van der Waals surface area contributed by atoms with Crippen LogP contribution in [0, 0.1) is 11.6 Å². The maximum Gasteiger partial charge on any atom is 0.355 e. The third kappa shape index (κ3) is 5.23. The van der Waals surface area contributed by atoms with Crippen molar-refractivity contribution in [3.8, 4) is 16.9 Å². The number of carbonyl (C=O) groups is 2. The summed E-state index contributed by atoms with van der Waals surface area (Å²) < 4.78 is 33.5. The molecule has 1 fully saturated rings. The number of nitrogens with zero attached hydrogens (tertiary/aromatic N) is 6. The number of benzene rings is 2. The Morgan fingerprint density at radius 2 is 1.80 bits per heavy atom. The van der Waals surface area contributed by atoms with Crippen LogP contribution in [0.4, 0.5) is 20.3 Å². The number of aryl methyl sites for hydroxylation is 1. The average Bonchev–Trinajstić information content (AvgIpc) is 3.04. The van der Waals surface area contributed by atoms with Gasteiger partial charge >= 0.3 is 5.69 Å². The molecule has 238 valence electrons. The van der Waals surface area contributed by atoms with E-state index in [2.05, 4.69) is 11.6 Å². The minimum Gasteiger partial charge on any atom is -0.350 e. The first-order chi connectivity index (χ1) is 22.0. The summed E-state index contributed by atoms with van der Waals surface area (Å²) in [6.07, 6.45) is 2.37. The molecule has 2 aliphatic rings. The van der Waals surface area contributed by atoms with Gasteiger partial charge in [-0.05, 0) is 61.1 Å². The van der Waals surface area contributed by atoms with Crippen molar-refractivity contribution in [2.45, 2.75) is 52.0 Å². The Hall–Kier alpha value is -4.93. The molecule has 2 aromatic heterocycles. The average molecular weight is 627 g/mol. The number of fused-ring (bicyclic) bond motifs is 5. The number of piperazine rings is 1. The zero-order chi connectivity index (χ0) is 32.9. The molecule has 2 aromatic carbocycles. The SMILES string of the molecule is C=CC(=O)N1CCN(c2nc(=O)n3c4nc(c(F)cc24)-c2c(F)cccc2N(C)C(=O)CCCc2cccc(C(C)C)c2-3)[C@@H](C)C1. The normalized spacial score (nSPS) is 17.0. The topological polar surface area (TPSA) is 91.6 Å². The zero-order valence-electron chi connectivity index (χ0n) is 26.4. The first-order valence-electron chi connectivity index (χ1n) is 15.5. The second-order valence-corrected chi connectivity index (χ2v) is 12.2. The number of hydrogen-bond donors (Lipinski definition) is 0. The molecule has 6 rings (SSSR count). The lowest BCUT2D eigenvalue weighted by Crippen LogP contribution is -2.54. The van der Waals surface area contributed by atoms with Crippen LogP contribution in [0.15, 0.2) is 59.9 Å². The summed E-state index contributed by atoms with van der Waals surface area (Å²) in [5, 5.41) is 0.276. The van der Waals surface area contributed by atoms with Crippen molar-refractivity contribution < 1.29 is 18.4 Å². The molecule has 0 aliphatic carbocycles. The number of halogens is 2. The molecule has 2 aliphatic heterocycles. The second kappa shape index (κ2) is 12.1. The fraction of sp³-hybridized carbons (Fsp3) is 0.343. The first-order valence-corrected chi connectivity index (χ1v) is 15.5. The number of rotatable bonds is 3. The van der Waals surface area contributed by atoms with Crippen molar-refractivity contribution in [1.82, 2.24) is 19.4 Å². The monoisotopic (exact) mass is 626 g/mol. The van der Waals surface area contributed by atoms with E-state index in [1.165, 1.54) is 33.7 Å². The zero-order valence-corrected chi connectivity index (χ0v) is 26.4. The van der Waals surface area contributed by atoms with Crippen LogP contribution in [0.3, 0.4) is 0 Å². The number of amides is 2. The summed E-state index contributed by atoms with van der Waals surface area (Å²) in [6.45, 7) is 10.6. The lowest BCUT2D eigenvalue weighted by Gasteiger charge is -2.40. The fourth-order valence-electron chi connectivity index (χ4n) is 6.61. The molecule has 9 nitrogen and oxygen atoms in total. The maximum absolute atomic E-state index is 16.4. The van der Waals surface area contributed by atoms with Crippen molar-refractivity contribution in [3.63, 3.8) is 0 Å². The standard InChI is InChI=1S/C35H36F2N6O3/c1-6-28(44)41-16-17-42(21(4)19-41)33-24-18-26(37)31-30-25(36)13-9-14-27(30)40(5)29(45)15-8-11-22-10-7-12-23(20(2)3)32(22)43(34(24)38-31)35(46)39-33/h6-7,9-10,12-14,18,20-21H,1,8,11,15-17,19H2,2-5H3/t21-/m0/s1. The van der Waals surface area contributed by atoms with Gasteiger partial charge in [-0.25, -0.2) is 23.1 Å². The van der Waals surface area contributed by atoms with Crippen molar-refractivity contribution in [2.24, 2.45) is 0 Å². The molecular formula is C35H36F2N6O3. The number of anilines is 2. The third-order valence-electron chi connectivity index (χ3n) is 8.98. The van der Waals surface area contributed by atoms with Gasteiger partial charge < -0.3 is 14.7 Å². The van der Waals surface area contributed by atoms with E-state index >= 15 is 8.78 Å². The Morgan fingerprint density at radius 1 is 1.04 bits per heavy atom. The van der Waals surface area contributed by atoms with E-state index in [1.54, 1.807) is 18.0 Å². The van der Waals surface area contributed by atoms with Gasteiger partial charge in [-0.2, -0.15) is 4.98 Å². The maximum atomic E-state index is 16.4. The number of carbonyl (C=O) groups excluding carboxylic acids is 2. The van der Waals surface area contributed by atoms with Crippen LogP contribution >= 0.6 is 0 Å². The molecule has 46 heavy (non-hydrogen) atoms. The van der Waals surface area contributed by atoms with Gasteiger partial charge in [-0.1, -0.05) is 44.7 Å². The summed E-state index contributed by atoms with van der Waals surface area (Å²) in [5.74, 6) is -1.80. The van der Waals surface area contributed by atoms with Crippen molar-refractivity contribution in [1.29, 1.82) is 0 Å². The molecule has 0 unspecified atom stereocenters. The van der Waals surface area contributed by atoms with E-state index < -0.39 is 17.3 Å². The first kappa shape index (κ1) is 31.1. The van der Waals surface area contributed by atoms with Crippen LogP contribution in [0.25, 0.3) is 28.0 Å². The predicted octanol–water partition coefficient (Wildman–Crippen LogP) is 5.37.